The van der Waals surface area contributed by atoms with Gasteiger partial charge >= 0.3 is 5.97 Å². The molecule has 0 aromatic carbocycles. The van der Waals surface area contributed by atoms with Crippen molar-refractivity contribution in [2.24, 2.45) is 0 Å². The molecule has 4 rings (SSSR count). The van der Waals surface area contributed by atoms with Crippen molar-refractivity contribution in [2.45, 2.75) is 31.7 Å². The number of piperidine rings is 1. The second-order valence-electron chi connectivity index (χ2n) is 7.67. The quantitative estimate of drug-likeness (QED) is 0.592. The van der Waals surface area contributed by atoms with Crippen LogP contribution in [-0.4, -0.2) is 44.5 Å². The first kappa shape index (κ1) is 21.9. The van der Waals surface area contributed by atoms with Crippen molar-refractivity contribution >= 4 is 34.7 Å². The lowest BCUT2D eigenvalue weighted by Gasteiger charge is -2.32. The summed E-state index contributed by atoms with van der Waals surface area (Å²) >= 11 is 6.23. The Kier molecular flexibility index (Phi) is 5.72. The Balaban J connectivity index is 1.75. The van der Waals surface area contributed by atoms with E-state index in [9.17, 15) is 23.5 Å². The van der Waals surface area contributed by atoms with Crippen LogP contribution in [0.2, 0.25) is 5.02 Å². The predicted octanol–water partition coefficient (Wildman–Crippen LogP) is 3.85. The minimum atomic E-state index is -2.72. The van der Waals surface area contributed by atoms with Gasteiger partial charge in [0.15, 0.2) is 5.69 Å². The summed E-state index contributed by atoms with van der Waals surface area (Å²) in [4.78, 5) is 34.4. The Labute approximate surface area is 186 Å². The average molecular weight is 464 g/mol. The Morgan fingerprint density at radius 2 is 2.03 bits per heavy atom. The summed E-state index contributed by atoms with van der Waals surface area (Å²) in [6.07, 6.45) is 2.20. The predicted molar refractivity (Wildman–Crippen MR) is 116 cm³/mol. The van der Waals surface area contributed by atoms with E-state index in [1.165, 1.54) is 22.9 Å². The van der Waals surface area contributed by atoms with Gasteiger partial charge in [-0.2, -0.15) is 0 Å². The van der Waals surface area contributed by atoms with Crippen molar-refractivity contribution in [3.05, 3.63) is 63.3 Å². The third-order valence-electron chi connectivity index (χ3n) is 5.41. The number of aromatic nitrogens is 3. The smallest absolute Gasteiger partial charge is 0.356 e. The number of nitrogens with zero attached hydrogens (tertiary/aromatic N) is 4. The van der Waals surface area contributed by atoms with Crippen molar-refractivity contribution in [3.8, 4) is 0 Å². The Bertz CT molecular complexity index is 1240. The second-order valence-corrected chi connectivity index (χ2v) is 8.11. The van der Waals surface area contributed by atoms with Crippen LogP contribution < -0.4 is 15.8 Å². The number of rotatable bonds is 5. The largest absolute Gasteiger partial charge is 0.476 e. The number of fused-ring (bicyclic) bond motifs is 1. The number of carboxylic acids is 1. The van der Waals surface area contributed by atoms with Gasteiger partial charge in [-0.05, 0) is 25.1 Å². The van der Waals surface area contributed by atoms with Crippen LogP contribution >= 0.6 is 11.6 Å². The molecule has 1 aliphatic rings. The Morgan fingerprint density at radius 1 is 1.31 bits per heavy atom. The number of hydrogen-bond donors (Lipinski definition) is 2. The number of halogens is 3. The minimum Gasteiger partial charge on any atom is -0.476 e. The number of nitrogens with one attached hydrogen (secondary N) is 1. The van der Waals surface area contributed by atoms with E-state index in [4.69, 9.17) is 11.6 Å². The molecule has 1 fully saturated rings. The number of carboxylic acid groups (broad SMARTS) is 1. The van der Waals surface area contributed by atoms with E-state index in [1.54, 1.807) is 30.0 Å². The summed E-state index contributed by atoms with van der Waals surface area (Å²) in [7, 11) is 0. The Hall–Kier alpha value is -3.27. The fourth-order valence-corrected chi connectivity index (χ4v) is 3.94. The maximum Gasteiger partial charge on any atom is 0.356 e. The monoisotopic (exact) mass is 463 g/mol. The molecule has 1 unspecified atom stereocenters. The van der Waals surface area contributed by atoms with Crippen LogP contribution in [0.4, 0.5) is 20.3 Å². The zero-order valence-electron chi connectivity index (χ0n) is 17.1. The average Bonchev–Trinajstić information content (AvgIpc) is 2.74. The van der Waals surface area contributed by atoms with Crippen LogP contribution in [0.1, 0.15) is 41.9 Å². The minimum absolute atomic E-state index is 0.0873. The van der Waals surface area contributed by atoms with Crippen LogP contribution in [-0.2, 0) is 0 Å². The van der Waals surface area contributed by atoms with E-state index in [0.717, 1.165) is 0 Å². The van der Waals surface area contributed by atoms with Crippen molar-refractivity contribution in [1.82, 2.24) is 14.4 Å². The van der Waals surface area contributed by atoms with E-state index in [2.05, 4.69) is 15.3 Å². The lowest BCUT2D eigenvalue weighted by atomic mass is 10.1. The summed E-state index contributed by atoms with van der Waals surface area (Å²) in [5.41, 5.74) is 0.591. The van der Waals surface area contributed by atoms with Gasteiger partial charge in [-0.1, -0.05) is 11.6 Å². The number of carbonyl (C=O) groups is 1. The highest BCUT2D eigenvalue weighted by atomic mass is 35.5. The highest BCUT2D eigenvalue weighted by Gasteiger charge is 2.34. The molecule has 0 aliphatic carbocycles. The molecule has 1 aliphatic heterocycles. The van der Waals surface area contributed by atoms with Crippen LogP contribution in [0, 0.1) is 0 Å². The molecule has 3 aromatic rings. The molecule has 0 spiro atoms. The maximum atomic E-state index is 13.6. The zero-order chi connectivity index (χ0) is 23.0. The zero-order valence-corrected chi connectivity index (χ0v) is 17.8. The van der Waals surface area contributed by atoms with Crippen LogP contribution in [0.5, 0.6) is 0 Å². The van der Waals surface area contributed by atoms with Crippen molar-refractivity contribution in [1.29, 1.82) is 0 Å². The first-order chi connectivity index (χ1) is 15.1. The van der Waals surface area contributed by atoms with Crippen LogP contribution in [0.15, 0.2) is 41.5 Å². The third-order valence-corrected chi connectivity index (χ3v) is 5.62. The topological polar surface area (TPSA) is 99.8 Å². The number of hydrogen-bond acceptors (Lipinski definition) is 6. The Morgan fingerprint density at radius 3 is 2.72 bits per heavy atom. The molecule has 0 bridgehead atoms. The number of anilines is 2. The molecule has 1 saturated heterocycles. The summed E-state index contributed by atoms with van der Waals surface area (Å²) in [6, 6.07) is 5.62. The third kappa shape index (κ3) is 4.36. The van der Waals surface area contributed by atoms with E-state index >= 15 is 0 Å². The van der Waals surface area contributed by atoms with Crippen molar-refractivity contribution in [2.75, 3.05) is 23.3 Å². The first-order valence-electron chi connectivity index (χ1n) is 9.95. The summed E-state index contributed by atoms with van der Waals surface area (Å²) in [5, 5.41) is 12.8. The first-order valence-corrected chi connectivity index (χ1v) is 10.3. The van der Waals surface area contributed by atoms with E-state index < -0.39 is 23.5 Å². The van der Waals surface area contributed by atoms with Crippen LogP contribution in [0.3, 0.4) is 0 Å². The number of aromatic carboxylic acids is 1. The molecule has 0 amide bonds. The van der Waals surface area contributed by atoms with E-state index in [1.807, 2.05) is 0 Å². The fraction of sp³-hybridized carbons (Fsp3) is 0.333. The van der Waals surface area contributed by atoms with E-state index in [-0.39, 0.29) is 31.6 Å². The van der Waals surface area contributed by atoms with Crippen LogP contribution in [0.25, 0.3) is 5.65 Å². The van der Waals surface area contributed by atoms with Gasteiger partial charge < -0.3 is 15.3 Å². The second kappa shape index (κ2) is 8.34. The van der Waals surface area contributed by atoms with Crippen molar-refractivity contribution < 1.29 is 18.7 Å². The van der Waals surface area contributed by atoms with Gasteiger partial charge in [-0.25, -0.2) is 23.5 Å². The van der Waals surface area contributed by atoms with Gasteiger partial charge in [0.05, 0.1) is 16.8 Å². The van der Waals surface area contributed by atoms with Gasteiger partial charge in [0, 0.05) is 50.0 Å². The van der Waals surface area contributed by atoms with Gasteiger partial charge in [0.25, 0.3) is 11.5 Å². The molecule has 8 nitrogen and oxygen atoms in total. The molecule has 4 heterocycles. The summed E-state index contributed by atoms with van der Waals surface area (Å²) in [6.45, 7) is 1.94. The standard InChI is InChI=1S/C21H20ClF2N5O3/c1-12(26-15-3-2-6-25-18(15)20(31)32)14-9-13(22)11-29-17(30)10-16(27-19(14)29)28-7-4-21(23,24)5-8-28/h2-3,6,9-12,26H,4-5,7-8H2,1H3,(H,31,32). The SMILES string of the molecule is CC(Nc1cccnc1C(=O)O)c1cc(Cl)cn2c(=O)cc(N3CCC(F)(F)CC3)nc12. The lowest BCUT2D eigenvalue weighted by Crippen LogP contribution is -2.40. The molecule has 3 aromatic heterocycles. The maximum absolute atomic E-state index is 13.6. The summed E-state index contributed by atoms with van der Waals surface area (Å²) in [5.74, 6) is -3.59. The molecular formula is C21H20ClF2N5O3. The molecule has 11 heteroatoms. The highest BCUT2D eigenvalue weighted by Crippen LogP contribution is 2.31. The molecule has 1 atom stereocenters. The number of pyridine rings is 2. The van der Waals surface area contributed by atoms with Gasteiger partial charge in [0.1, 0.15) is 11.5 Å². The lowest BCUT2D eigenvalue weighted by molar-refractivity contribution is -0.0221. The fourth-order valence-electron chi connectivity index (χ4n) is 3.73. The normalized spacial score (nSPS) is 16.7. The molecule has 2 N–H and O–H groups in total. The van der Waals surface area contributed by atoms with E-state index in [0.29, 0.717) is 27.7 Å². The van der Waals surface area contributed by atoms with Gasteiger partial charge in [0.2, 0.25) is 0 Å². The summed E-state index contributed by atoms with van der Waals surface area (Å²) < 4.78 is 28.4. The molecule has 32 heavy (non-hydrogen) atoms. The molecule has 0 radical (unpaired) electrons. The molecule has 168 valence electrons. The van der Waals surface area contributed by atoms with Gasteiger partial charge in [-0.3, -0.25) is 9.20 Å². The number of alkyl halides is 2. The highest BCUT2D eigenvalue weighted by molar-refractivity contribution is 6.30. The van der Waals surface area contributed by atoms with Gasteiger partial charge in [-0.15, -0.1) is 0 Å². The molecular weight excluding hydrogens is 444 g/mol. The molecule has 0 saturated carbocycles. The van der Waals surface area contributed by atoms with Crippen molar-refractivity contribution in [3.63, 3.8) is 0 Å².